The second-order valence-corrected chi connectivity index (χ2v) is 4.58. The van der Waals surface area contributed by atoms with Crippen LogP contribution in [-0.4, -0.2) is 69.9 Å². The molecule has 2 aliphatic heterocycles. The maximum atomic E-state index is 11.3. The molecule has 0 saturated carbocycles. The Balaban J connectivity index is 2.02. The smallest absolute Gasteiger partial charge is 0.248 e. The van der Waals surface area contributed by atoms with Crippen molar-refractivity contribution in [1.29, 1.82) is 0 Å². The first-order valence-electron chi connectivity index (χ1n) is 5.89. The van der Waals surface area contributed by atoms with E-state index in [2.05, 4.69) is 5.32 Å². The number of aliphatic hydroxyl groups excluding tert-OH is 4. The fraction of sp³-hybridized carbons (Fsp3) is 0.727. The van der Waals surface area contributed by atoms with Crippen molar-refractivity contribution in [2.24, 2.45) is 0 Å². The van der Waals surface area contributed by atoms with Crippen molar-refractivity contribution in [1.82, 2.24) is 5.32 Å². The molecule has 1 fully saturated rings. The highest BCUT2D eigenvalue weighted by Crippen LogP contribution is 2.23. The Kier molecular flexibility index (Phi) is 4.19. The lowest BCUT2D eigenvalue weighted by Crippen LogP contribution is -2.60. The lowest BCUT2D eigenvalue weighted by atomic mass is 9.99. The topological polar surface area (TPSA) is 128 Å². The van der Waals surface area contributed by atoms with E-state index in [4.69, 9.17) is 14.6 Å². The average Bonchev–Trinajstić information content (AvgIpc) is 2.69. The Morgan fingerprint density at radius 2 is 2.00 bits per heavy atom. The number of hydrogen-bond donors (Lipinski definition) is 5. The number of carbonyl (C=O) groups excluding carboxylic acids is 1. The van der Waals surface area contributed by atoms with Gasteiger partial charge in [-0.25, -0.2) is 0 Å². The minimum absolute atomic E-state index is 0.297. The Morgan fingerprint density at radius 1 is 1.32 bits per heavy atom. The number of ether oxygens (including phenoxy) is 2. The van der Waals surface area contributed by atoms with Gasteiger partial charge in [0.05, 0.1) is 6.61 Å². The number of rotatable bonds is 3. The van der Waals surface area contributed by atoms with Crippen molar-refractivity contribution in [3.63, 3.8) is 0 Å². The largest absolute Gasteiger partial charge is 0.394 e. The molecule has 1 amide bonds. The molecule has 0 aromatic heterocycles. The molecule has 19 heavy (non-hydrogen) atoms. The molecule has 0 radical (unpaired) electrons. The van der Waals surface area contributed by atoms with E-state index < -0.39 is 43.5 Å². The van der Waals surface area contributed by atoms with Crippen LogP contribution in [0.15, 0.2) is 11.6 Å². The van der Waals surface area contributed by atoms with Crippen LogP contribution in [0.1, 0.15) is 6.92 Å². The molecule has 2 heterocycles. The van der Waals surface area contributed by atoms with E-state index in [1.54, 1.807) is 6.92 Å². The molecule has 2 aliphatic rings. The van der Waals surface area contributed by atoms with E-state index in [0.717, 1.165) is 0 Å². The summed E-state index contributed by atoms with van der Waals surface area (Å²) in [5, 5.41) is 40.4. The third-order valence-electron chi connectivity index (χ3n) is 3.16. The van der Waals surface area contributed by atoms with Crippen LogP contribution in [0.2, 0.25) is 0 Å². The van der Waals surface area contributed by atoms with Gasteiger partial charge in [-0.15, -0.1) is 0 Å². The standard InChI is InChI=1S/C11H17NO7/c1-4-2-6(12-10(4)17)19-11-9(16)8(15)7(14)5(3-13)18-11/h2,5-9,11,13-16H,3H2,1H3,(H,12,17). The predicted octanol–water partition coefficient (Wildman–Crippen LogP) is -2.79. The van der Waals surface area contributed by atoms with Gasteiger partial charge in [-0.1, -0.05) is 0 Å². The van der Waals surface area contributed by atoms with Crippen LogP contribution in [0, 0.1) is 0 Å². The van der Waals surface area contributed by atoms with E-state index in [1.807, 2.05) is 0 Å². The summed E-state index contributed by atoms with van der Waals surface area (Å²) in [5.41, 5.74) is 0.467. The molecule has 6 unspecified atom stereocenters. The minimum Gasteiger partial charge on any atom is -0.394 e. The van der Waals surface area contributed by atoms with Gasteiger partial charge in [0.15, 0.2) is 12.5 Å². The highest BCUT2D eigenvalue weighted by molar-refractivity contribution is 5.95. The Hall–Kier alpha value is -1.03. The Morgan fingerprint density at radius 3 is 2.53 bits per heavy atom. The second kappa shape index (κ2) is 5.53. The number of aliphatic hydroxyl groups is 4. The van der Waals surface area contributed by atoms with Gasteiger partial charge in [0.25, 0.3) is 0 Å². The molecule has 0 spiro atoms. The molecule has 0 aliphatic carbocycles. The van der Waals surface area contributed by atoms with Crippen LogP contribution in [-0.2, 0) is 14.3 Å². The fourth-order valence-corrected chi connectivity index (χ4v) is 1.99. The summed E-state index contributed by atoms with van der Waals surface area (Å²) in [5.74, 6) is -0.297. The molecule has 2 rings (SSSR count). The third kappa shape index (κ3) is 2.78. The van der Waals surface area contributed by atoms with Gasteiger partial charge in [-0.2, -0.15) is 0 Å². The summed E-state index contributed by atoms with van der Waals surface area (Å²) in [6, 6.07) is 0. The summed E-state index contributed by atoms with van der Waals surface area (Å²) < 4.78 is 10.4. The van der Waals surface area contributed by atoms with Crippen LogP contribution < -0.4 is 5.32 Å². The van der Waals surface area contributed by atoms with Crippen molar-refractivity contribution in [2.75, 3.05) is 6.61 Å². The SMILES string of the molecule is CC1=CC(OC2OC(CO)C(O)C(O)C2O)NC1=O. The number of nitrogens with one attached hydrogen (secondary N) is 1. The summed E-state index contributed by atoms with van der Waals surface area (Å²) in [6.07, 6.45) is -6.00. The van der Waals surface area contributed by atoms with E-state index in [0.29, 0.717) is 5.57 Å². The molecule has 0 aromatic carbocycles. The van der Waals surface area contributed by atoms with Crippen molar-refractivity contribution in [3.8, 4) is 0 Å². The summed E-state index contributed by atoms with van der Waals surface area (Å²) in [7, 11) is 0. The molecule has 6 atom stereocenters. The molecular formula is C11H17NO7. The van der Waals surface area contributed by atoms with Crippen molar-refractivity contribution >= 4 is 5.91 Å². The lowest BCUT2D eigenvalue weighted by Gasteiger charge is -2.40. The summed E-state index contributed by atoms with van der Waals surface area (Å²) in [4.78, 5) is 11.3. The lowest BCUT2D eigenvalue weighted by molar-refractivity contribution is -0.308. The van der Waals surface area contributed by atoms with Crippen LogP contribution >= 0.6 is 0 Å². The predicted molar refractivity (Wildman–Crippen MR) is 60.5 cm³/mol. The highest BCUT2D eigenvalue weighted by atomic mass is 16.7. The molecule has 0 bridgehead atoms. The Bertz CT molecular complexity index is 383. The molecular weight excluding hydrogens is 258 g/mol. The minimum atomic E-state index is -1.50. The van der Waals surface area contributed by atoms with Crippen molar-refractivity contribution < 1.29 is 34.7 Å². The second-order valence-electron chi connectivity index (χ2n) is 4.58. The van der Waals surface area contributed by atoms with Crippen LogP contribution in [0.4, 0.5) is 0 Å². The highest BCUT2D eigenvalue weighted by Gasteiger charge is 2.45. The summed E-state index contributed by atoms with van der Waals surface area (Å²) in [6.45, 7) is 1.07. The zero-order chi connectivity index (χ0) is 14.2. The molecule has 1 saturated heterocycles. The molecule has 5 N–H and O–H groups in total. The van der Waals surface area contributed by atoms with Gasteiger partial charge in [0.2, 0.25) is 5.91 Å². The molecule has 8 nitrogen and oxygen atoms in total. The normalized spacial score (nSPS) is 43.0. The average molecular weight is 275 g/mol. The zero-order valence-corrected chi connectivity index (χ0v) is 10.3. The Labute approximate surface area is 109 Å². The molecule has 0 aromatic rings. The van der Waals surface area contributed by atoms with Crippen LogP contribution in [0.3, 0.4) is 0 Å². The van der Waals surface area contributed by atoms with Gasteiger partial charge < -0.3 is 35.2 Å². The maximum absolute atomic E-state index is 11.3. The summed E-state index contributed by atoms with van der Waals surface area (Å²) >= 11 is 0. The van der Waals surface area contributed by atoms with Crippen molar-refractivity contribution in [2.45, 2.75) is 43.9 Å². The zero-order valence-electron chi connectivity index (χ0n) is 10.3. The van der Waals surface area contributed by atoms with Gasteiger partial charge >= 0.3 is 0 Å². The van der Waals surface area contributed by atoms with Crippen LogP contribution in [0.5, 0.6) is 0 Å². The number of carbonyl (C=O) groups is 1. The first-order valence-corrected chi connectivity index (χ1v) is 5.89. The monoisotopic (exact) mass is 275 g/mol. The van der Waals surface area contributed by atoms with Gasteiger partial charge in [-0.3, -0.25) is 4.79 Å². The molecule has 108 valence electrons. The fourth-order valence-electron chi connectivity index (χ4n) is 1.99. The van der Waals surface area contributed by atoms with Gasteiger partial charge in [0, 0.05) is 5.57 Å². The number of amides is 1. The maximum Gasteiger partial charge on any atom is 0.248 e. The van der Waals surface area contributed by atoms with Crippen molar-refractivity contribution in [3.05, 3.63) is 11.6 Å². The number of hydrogen-bond acceptors (Lipinski definition) is 7. The van der Waals surface area contributed by atoms with Crippen LogP contribution in [0.25, 0.3) is 0 Å². The van der Waals surface area contributed by atoms with E-state index in [-0.39, 0.29) is 5.91 Å². The first-order chi connectivity index (χ1) is 8.93. The molecule has 8 heteroatoms. The first kappa shape index (κ1) is 14.4. The third-order valence-corrected chi connectivity index (χ3v) is 3.16. The van der Waals surface area contributed by atoms with Gasteiger partial charge in [-0.05, 0) is 13.0 Å². The van der Waals surface area contributed by atoms with E-state index >= 15 is 0 Å². The van der Waals surface area contributed by atoms with Gasteiger partial charge in [0.1, 0.15) is 24.4 Å². The quantitative estimate of drug-likeness (QED) is 0.376. The van der Waals surface area contributed by atoms with E-state index in [1.165, 1.54) is 6.08 Å². The van der Waals surface area contributed by atoms with E-state index in [9.17, 15) is 20.1 Å².